The fourth-order valence-corrected chi connectivity index (χ4v) is 1.47. The molecule has 82 valence electrons. The molecule has 1 aromatic heterocycles. The first-order chi connectivity index (χ1) is 7.63. The van der Waals surface area contributed by atoms with Gasteiger partial charge >= 0.3 is 0 Å². The largest absolute Gasteiger partial charge is 0.409 e. The maximum atomic E-state index is 13.5. The van der Waals surface area contributed by atoms with Gasteiger partial charge in [0.2, 0.25) is 0 Å². The standard InChI is InChI=1S/C10H7F2N3O/c11-6-3-5-1-2-14-9(10(13)15-16)8(5)7(12)4-6/h1-4,16H,(H2,13,15). The number of hydrogen-bond acceptors (Lipinski definition) is 3. The number of pyridine rings is 1. The molecule has 3 N–H and O–H groups in total. The number of benzene rings is 1. The first-order valence-electron chi connectivity index (χ1n) is 4.35. The van der Waals surface area contributed by atoms with Crippen LogP contribution in [0.2, 0.25) is 0 Å². The summed E-state index contributed by atoms with van der Waals surface area (Å²) in [7, 11) is 0. The molecule has 0 bridgehead atoms. The third-order valence-electron chi connectivity index (χ3n) is 2.13. The predicted molar refractivity (Wildman–Crippen MR) is 54.2 cm³/mol. The molecule has 6 heteroatoms. The van der Waals surface area contributed by atoms with E-state index >= 15 is 0 Å². The molecule has 0 amide bonds. The van der Waals surface area contributed by atoms with Crippen molar-refractivity contribution in [3.63, 3.8) is 0 Å². The van der Waals surface area contributed by atoms with Crippen LogP contribution in [0.1, 0.15) is 5.69 Å². The lowest BCUT2D eigenvalue weighted by molar-refractivity contribution is 0.318. The molecule has 0 saturated carbocycles. The summed E-state index contributed by atoms with van der Waals surface area (Å²) in [5.41, 5.74) is 5.33. The van der Waals surface area contributed by atoms with Gasteiger partial charge in [0.15, 0.2) is 5.84 Å². The lowest BCUT2D eigenvalue weighted by Crippen LogP contribution is -2.16. The number of amidine groups is 1. The summed E-state index contributed by atoms with van der Waals surface area (Å²) in [5.74, 6) is -1.82. The van der Waals surface area contributed by atoms with Gasteiger partial charge < -0.3 is 10.9 Å². The van der Waals surface area contributed by atoms with Crippen LogP contribution in [0.4, 0.5) is 8.78 Å². The van der Waals surface area contributed by atoms with Crippen molar-refractivity contribution >= 4 is 16.6 Å². The molecule has 1 heterocycles. The zero-order valence-electron chi connectivity index (χ0n) is 7.98. The van der Waals surface area contributed by atoms with Gasteiger partial charge in [-0.25, -0.2) is 8.78 Å². The summed E-state index contributed by atoms with van der Waals surface area (Å²) in [6, 6.07) is 3.31. The van der Waals surface area contributed by atoms with E-state index in [0.29, 0.717) is 5.39 Å². The number of oxime groups is 1. The van der Waals surface area contributed by atoms with Crippen LogP contribution < -0.4 is 5.73 Å². The normalized spacial score (nSPS) is 12.0. The molecule has 0 unspecified atom stereocenters. The van der Waals surface area contributed by atoms with Gasteiger partial charge in [0.05, 0.1) is 0 Å². The molecular formula is C10H7F2N3O. The van der Waals surface area contributed by atoms with E-state index in [1.54, 1.807) is 0 Å². The van der Waals surface area contributed by atoms with Crippen LogP contribution in [-0.2, 0) is 0 Å². The van der Waals surface area contributed by atoms with Gasteiger partial charge in [-0.05, 0) is 17.5 Å². The second-order valence-electron chi connectivity index (χ2n) is 3.13. The highest BCUT2D eigenvalue weighted by molar-refractivity contribution is 6.07. The predicted octanol–water partition coefficient (Wildman–Crippen LogP) is 1.61. The lowest BCUT2D eigenvalue weighted by atomic mass is 10.1. The molecule has 0 aliphatic rings. The summed E-state index contributed by atoms with van der Waals surface area (Å²) >= 11 is 0. The number of hydrogen-bond donors (Lipinski definition) is 2. The van der Waals surface area contributed by atoms with Gasteiger partial charge in [-0.1, -0.05) is 5.16 Å². The number of nitrogens with zero attached hydrogens (tertiary/aromatic N) is 2. The maximum Gasteiger partial charge on any atom is 0.189 e. The summed E-state index contributed by atoms with van der Waals surface area (Å²) < 4.78 is 26.5. The third kappa shape index (κ3) is 1.54. The Hall–Kier alpha value is -2.24. The summed E-state index contributed by atoms with van der Waals surface area (Å²) in [4.78, 5) is 3.79. The van der Waals surface area contributed by atoms with Crippen molar-refractivity contribution in [1.82, 2.24) is 4.98 Å². The first kappa shape index (κ1) is 10.3. The fourth-order valence-electron chi connectivity index (χ4n) is 1.47. The fraction of sp³-hybridized carbons (Fsp3) is 0. The summed E-state index contributed by atoms with van der Waals surface area (Å²) in [5, 5.41) is 11.6. The van der Waals surface area contributed by atoms with Crippen LogP contribution in [0.5, 0.6) is 0 Å². The van der Waals surface area contributed by atoms with Crippen LogP contribution >= 0.6 is 0 Å². The van der Waals surface area contributed by atoms with E-state index in [4.69, 9.17) is 10.9 Å². The van der Waals surface area contributed by atoms with Gasteiger partial charge in [0, 0.05) is 17.6 Å². The van der Waals surface area contributed by atoms with Crippen molar-refractivity contribution in [3.8, 4) is 0 Å². The van der Waals surface area contributed by atoms with E-state index in [2.05, 4.69) is 10.1 Å². The van der Waals surface area contributed by atoms with Gasteiger partial charge in [0.1, 0.15) is 17.3 Å². The molecule has 1 aromatic carbocycles. The van der Waals surface area contributed by atoms with E-state index in [-0.39, 0.29) is 16.9 Å². The van der Waals surface area contributed by atoms with Crippen molar-refractivity contribution in [2.45, 2.75) is 0 Å². The minimum Gasteiger partial charge on any atom is -0.409 e. The average molecular weight is 223 g/mol. The summed E-state index contributed by atoms with van der Waals surface area (Å²) in [6.07, 6.45) is 1.33. The Morgan fingerprint density at radius 3 is 2.81 bits per heavy atom. The summed E-state index contributed by atoms with van der Waals surface area (Å²) in [6.45, 7) is 0. The molecule has 0 spiro atoms. The highest BCUT2D eigenvalue weighted by Crippen LogP contribution is 2.21. The monoisotopic (exact) mass is 223 g/mol. The molecule has 0 aliphatic heterocycles. The SMILES string of the molecule is N/C(=N/O)c1nccc2cc(F)cc(F)c12. The Balaban J connectivity index is 2.87. The Kier molecular flexibility index (Phi) is 2.40. The molecule has 2 rings (SSSR count). The molecule has 0 fully saturated rings. The number of nitrogens with two attached hydrogens (primary N) is 1. The smallest absolute Gasteiger partial charge is 0.189 e. The molecule has 0 atom stereocenters. The average Bonchev–Trinajstić information content (AvgIpc) is 2.26. The second-order valence-corrected chi connectivity index (χ2v) is 3.13. The van der Waals surface area contributed by atoms with E-state index in [1.165, 1.54) is 12.3 Å². The molecule has 0 radical (unpaired) electrons. The number of halogens is 2. The molecule has 0 aliphatic carbocycles. The van der Waals surface area contributed by atoms with Crippen LogP contribution in [0.25, 0.3) is 10.8 Å². The molecular weight excluding hydrogens is 216 g/mol. The van der Waals surface area contributed by atoms with Crippen molar-refractivity contribution < 1.29 is 14.0 Å². The zero-order valence-corrected chi connectivity index (χ0v) is 7.98. The Labute approximate surface area is 89.0 Å². The highest BCUT2D eigenvalue weighted by atomic mass is 19.1. The van der Waals surface area contributed by atoms with Crippen molar-refractivity contribution in [2.24, 2.45) is 10.9 Å². The molecule has 4 nitrogen and oxygen atoms in total. The van der Waals surface area contributed by atoms with Crippen molar-refractivity contribution in [1.29, 1.82) is 0 Å². The second kappa shape index (κ2) is 3.73. The van der Waals surface area contributed by atoms with Crippen molar-refractivity contribution in [3.05, 3.63) is 41.7 Å². The van der Waals surface area contributed by atoms with Crippen LogP contribution in [0, 0.1) is 11.6 Å². The highest BCUT2D eigenvalue weighted by Gasteiger charge is 2.12. The van der Waals surface area contributed by atoms with Crippen LogP contribution in [0.15, 0.2) is 29.6 Å². The first-order valence-corrected chi connectivity index (χ1v) is 4.35. The molecule has 2 aromatic rings. The Bertz CT molecular complexity index is 584. The quantitative estimate of drug-likeness (QED) is 0.334. The lowest BCUT2D eigenvalue weighted by Gasteiger charge is -2.05. The number of aromatic nitrogens is 1. The maximum absolute atomic E-state index is 13.5. The Morgan fingerprint density at radius 2 is 2.12 bits per heavy atom. The van der Waals surface area contributed by atoms with Gasteiger partial charge in [-0.15, -0.1) is 0 Å². The van der Waals surface area contributed by atoms with E-state index in [0.717, 1.165) is 12.1 Å². The van der Waals surface area contributed by atoms with E-state index in [1.807, 2.05) is 0 Å². The van der Waals surface area contributed by atoms with Crippen LogP contribution in [-0.4, -0.2) is 16.0 Å². The van der Waals surface area contributed by atoms with Crippen LogP contribution in [0.3, 0.4) is 0 Å². The van der Waals surface area contributed by atoms with Gasteiger partial charge in [0.25, 0.3) is 0 Å². The topological polar surface area (TPSA) is 71.5 Å². The van der Waals surface area contributed by atoms with Gasteiger partial charge in [-0.2, -0.15) is 0 Å². The van der Waals surface area contributed by atoms with E-state index in [9.17, 15) is 8.78 Å². The molecule has 16 heavy (non-hydrogen) atoms. The molecule has 0 saturated heterocycles. The Morgan fingerprint density at radius 1 is 1.38 bits per heavy atom. The minimum atomic E-state index is -0.801. The number of rotatable bonds is 1. The third-order valence-corrected chi connectivity index (χ3v) is 2.13. The minimum absolute atomic E-state index is 0.0162. The zero-order chi connectivity index (χ0) is 11.7. The van der Waals surface area contributed by atoms with E-state index < -0.39 is 11.6 Å². The number of fused-ring (bicyclic) bond motifs is 1. The van der Waals surface area contributed by atoms with Gasteiger partial charge in [-0.3, -0.25) is 4.98 Å². The van der Waals surface area contributed by atoms with Crippen molar-refractivity contribution in [2.75, 3.05) is 0 Å².